The van der Waals surface area contributed by atoms with E-state index < -0.39 is 10.0 Å². The predicted molar refractivity (Wildman–Crippen MR) is 118 cm³/mol. The highest BCUT2D eigenvalue weighted by atomic mass is 32.2. The number of fused-ring (bicyclic) bond motifs is 2. The van der Waals surface area contributed by atoms with Crippen LogP contribution in [0.25, 0.3) is 10.8 Å². The summed E-state index contributed by atoms with van der Waals surface area (Å²) in [6.45, 7) is 2.71. The van der Waals surface area contributed by atoms with Gasteiger partial charge in [-0.15, -0.1) is 4.09 Å². The van der Waals surface area contributed by atoms with Crippen molar-refractivity contribution in [3.05, 3.63) is 89.1 Å². The quantitative estimate of drug-likeness (QED) is 0.515. The van der Waals surface area contributed by atoms with Crippen LogP contribution in [0.2, 0.25) is 0 Å². The van der Waals surface area contributed by atoms with Gasteiger partial charge in [-0.1, -0.05) is 42.5 Å². The highest BCUT2D eigenvalue weighted by molar-refractivity contribution is 7.90. The molecule has 1 amide bonds. The van der Waals surface area contributed by atoms with Gasteiger partial charge in [-0.25, -0.2) is 0 Å². The van der Waals surface area contributed by atoms with Gasteiger partial charge >= 0.3 is 0 Å². The normalized spacial score (nSPS) is 13.3. The van der Waals surface area contributed by atoms with Gasteiger partial charge in [0.2, 0.25) is 0 Å². The Bertz CT molecular complexity index is 1440. The third-order valence-corrected chi connectivity index (χ3v) is 6.96. The number of aryl methyl sites for hydroxylation is 1. The van der Waals surface area contributed by atoms with Crippen molar-refractivity contribution in [2.75, 3.05) is 5.32 Å². The average Bonchev–Trinajstić information content (AvgIpc) is 3.36. The fourth-order valence-electron chi connectivity index (χ4n) is 3.79. The molecule has 2 N–H and O–H groups in total. The number of hydrogen-bond acceptors (Lipinski definition) is 5. The number of hydrogen-bond donors (Lipinski definition) is 2. The lowest BCUT2D eigenvalue weighted by atomic mass is 10.1. The minimum absolute atomic E-state index is 0.128. The van der Waals surface area contributed by atoms with Crippen LogP contribution in [0.4, 0.5) is 5.82 Å². The molecule has 1 aliphatic heterocycles. The zero-order valence-corrected chi connectivity index (χ0v) is 17.6. The van der Waals surface area contributed by atoms with Crippen molar-refractivity contribution in [3.63, 3.8) is 0 Å². The summed E-state index contributed by atoms with van der Waals surface area (Å²) in [5.41, 5.74) is 2.57. The van der Waals surface area contributed by atoms with Crippen LogP contribution >= 0.6 is 0 Å². The zero-order valence-electron chi connectivity index (χ0n) is 16.8. The largest absolute Gasteiger partial charge is 0.307 e. The second kappa shape index (κ2) is 7.33. The summed E-state index contributed by atoms with van der Waals surface area (Å²) in [4.78, 5) is 13.2. The minimum Gasteiger partial charge on any atom is -0.307 e. The van der Waals surface area contributed by atoms with Crippen LogP contribution in [0.3, 0.4) is 0 Å². The topological polar surface area (TPSA) is 93.1 Å². The molecule has 5 rings (SSSR count). The average molecular weight is 433 g/mol. The van der Waals surface area contributed by atoms with E-state index in [1.807, 2.05) is 43.3 Å². The Morgan fingerprint density at radius 1 is 1.00 bits per heavy atom. The SMILES string of the molecule is Cc1cccc(S(=O)(=O)n2nc3c(c2NC(=O)c2ccc4ccccc4c2)CNC3)c1. The van der Waals surface area contributed by atoms with Crippen molar-refractivity contribution in [2.45, 2.75) is 24.9 Å². The molecule has 1 aliphatic rings. The van der Waals surface area contributed by atoms with E-state index >= 15 is 0 Å². The fraction of sp³-hybridized carbons (Fsp3) is 0.130. The van der Waals surface area contributed by atoms with E-state index in [0.29, 0.717) is 29.9 Å². The van der Waals surface area contributed by atoms with Gasteiger partial charge in [0.25, 0.3) is 15.9 Å². The van der Waals surface area contributed by atoms with Crippen LogP contribution in [-0.2, 0) is 23.1 Å². The molecule has 8 heteroatoms. The third-order valence-electron chi connectivity index (χ3n) is 5.39. The summed E-state index contributed by atoms with van der Waals surface area (Å²) >= 11 is 0. The van der Waals surface area contributed by atoms with Crippen molar-refractivity contribution in [3.8, 4) is 0 Å². The molecular weight excluding hydrogens is 412 g/mol. The molecule has 1 aromatic heterocycles. The lowest BCUT2D eigenvalue weighted by Gasteiger charge is -2.12. The van der Waals surface area contributed by atoms with E-state index in [1.54, 1.807) is 24.3 Å². The molecule has 0 radical (unpaired) electrons. The summed E-state index contributed by atoms with van der Waals surface area (Å²) in [6, 6.07) is 19.8. The monoisotopic (exact) mass is 432 g/mol. The molecule has 0 spiro atoms. The smallest absolute Gasteiger partial charge is 0.284 e. The molecule has 4 aromatic rings. The Labute approximate surface area is 179 Å². The molecule has 7 nitrogen and oxygen atoms in total. The van der Waals surface area contributed by atoms with E-state index in [2.05, 4.69) is 15.7 Å². The highest BCUT2D eigenvalue weighted by Crippen LogP contribution is 2.29. The van der Waals surface area contributed by atoms with Gasteiger partial charge in [0, 0.05) is 24.2 Å². The molecule has 156 valence electrons. The Hall–Kier alpha value is -3.49. The van der Waals surface area contributed by atoms with Gasteiger partial charge in [-0.2, -0.15) is 13.5 Å². The first-order chi connectivity index (χ1) is 14.9. The number of anilines is 1. The van der Waals surface area contributed by atoms with Gasteiger partial charge < -0.3 is 10.6 Å². The standard InChI is InChI=1S/C23H20N4O3S/c1-15-5-4-8-19(11-15)31(29,30)27-22(20-13-24-14-21(20)26-27)25-23(28)18-10-9-16-6-2-3-7-17(16)12-18/h2-12,24H,13-14H2,1H3,(H,25,28). The van der Waals surface area contributed by atoms with Crippen LogP contribution in [0.1, 0.15) is 27.2 Å². The molecule has 3 aromatic carbocycles. The number of nitrogens with one attached hydrogen (secondary N) is 2. The molecule has 31 heavy (non-hydrogen) atoms. The molecule has 0 atom stereocenters. The Balaban J connectivity index is 1.57. The van der Waals surface area contributed by atoms with E-state index in [0.717, 1.165) is 20.4 Å². The van der Waals surface area contributed by atoms with Gasteiger partial charge in [0.05, 0.1) is 10.6 Å². The first-order valence-electron chi connectivity index (χ1n) is 9.87. The second-order valence-corrected chi connectivity index (χ2v) is 9.33. The number of benzene rings is 3. The fourth-order valence-corrected chi connectivity index (χ4v) is 5.18. The summed E-state index contributed by atoms with van der Waals surface area (Å²) < 4.78 is 27.6. The molecule has 0 fully saturated rings. The molecular formula is C23H20N4O3S. The molecule has 0 aliphatic carbocycles. The maximum Gasteiger partial charge on any atom is 0.284 e. The van der Waals surface area contributed by atoms with E-state index in [4.69, 9.17) is 0 Å². The van der Waals surface area contributed by atoms with Crippen LogP contribution < -0.4 is 10.6 Å². The lowest BCUT2D eigenvalue weighted by molar-refractivity contribution is 0.102. The van der Waals surface area contributed by atoms with Crippen LogP contribution in [0.15, 0.2) is 71.6 Å². The van der Waals surface area contributed by atoms with Gasteiger partial charge in [0.15, 0.2) is 5.82 Å². The minimum atomic E-state index is -3.97. The van der Waals surface area contributed by atoms with Crippen molar-refractivity contribution < 1.29 is 13.2 Å². The molecule has 0 bridgehead atoms. The highest BCUT2D eigenvalue weighted by Gasteiger charge is 2.30. The number of aromatic nitrogens is 2. The summed E-state index contributed by atoms with van der Waals surface area (Å²) in [6.07, 6.45) is 0. The summed E-state index contributed by atoms with van der Waals surface area (Å²) in [5.74, 6) is -0.208. The van der Waals surface area contributed by atoms with E-state index in [1.165, 1.54) is 6.07 Å². The number of nitrogens with zero attached hydrogens (tertiary/aromatic N) is 2. The van der Waals surface area contributed by atoms with Crippen LogP contribution in [-0.4, -0.2) is 23.5 Å². The second-order valence-electron chi connectivity index (χ2n) is 7.56. The molecule has 0 saturated carbocycles. The van der Waals surface area contributed by atoms with Crippen LogP contribution in [0, 0.1) is 6.92 Å². The zero-order chi connectivity index (χ0) is 21.6. The molecule has 2 heterocycles. The number of carbonyl (C=O) groups is 1. The molecule has 0 unspecified atom stereocenters. The maximum atomic E-state index is 13.3. The van der Waals surface area contributed by atoms with Gasteiger partial charge in [-0.3, -0.25) is 4.79 Å². The van der Waals surface area contributed by atoms with Crippen molar-refractivity contribution in [2.24, 2.45) is 0 Å². The maximum absolute atomic E-state index is 13.3. The van der Waals surface area contributed by atoms with E-state index in [-0.39, 0.29) is 16.6 Å². The Kier molecular flexibility index (Phi) is 4.60. The van der Waals surface area contributed by atoms with Gasteiger partial charge in [-0.05, 0) is 47.5 Å². The van der Waals surface area contributed by atoms with Crippen LogP contribution in [0.5, 0.6) is 0 Å². The summed E-state index contributed by atoms with van der Waals surface area (Å²) in [5, 5.41) is 12.2. The predicted octanol–water partition coefficient (Wildman–Crippen LogP) is 3.44. The van der Waals surface area contributed by atoms with Crippen molar-refractivity contribution in [1.29, 1.82) is 0 Å². The van der Waals surface area contributed by atoms with Crippen molar-refractivity contribution in [1.82, 2.24) is 14.5 Å². The first-order valence-corrected chi connectivity index (χ1v) is 11.3. The molecule has 0 saturated heterocycles. The first kappa shape index (κ1) is 19.5. The number of amides is 1. The Morgan fingerprint density at radius 3 is 2.61 bits per heavy atom. The lowest BCUT2D eigenvalue weighted by Crippen LogP contribution is -2.22. The summed E-state index contributed by atoms with van der Waals surface area (Å²) in [7, 11) is -3.97. The third kappa shape index (κ3) is 3.39. The van der Waals surface area contributed by atoms with Crippen molar-refractivity contribution >= 4 is 32.5 Å². The van der Waals surface area contributed by atoms with Gasteiger partial charge in [0.1, 0.15) is 0 Å². The Morgan fingerprint density at radius 2 is 1.81 bits per heavy atom. The number of carbonyl (C=O) groups excluding carboxylic acids is 1. The number of rotatable bonds is 4. The van der Waals surface area contributed by atoms with E-state index in [9.17, 15) is 13.2 Å².